The lowest BCUT2D eigenvalue weighted by Crippen LogP contribution is -1.73. The Morgan fingerprint density at radius 3 is 2.56 bits per heavy atom. The Bertz CT molecular complexity index is 682. The molecular weight excluding hydrogens is 262 g/mol. The van der Waals surface area contributed by atoms with E-state index < -0.39 is 0 Å². The summed E-state index contributed by atoms with van der Waals surface area (Å²) < 4.78 is 1.20. The van der Waals surface area contributed by atoms with Gasteiger partial charge in [-0.25, -0.2) is 4.98 Å². The highest BCUT2D eigenvalue weighted by atomic mass is 35.5. The molecule has 0 aliphatic rings. The van der Waals surface area contributed by atoms with Crippen molar-refractivity contribution in [2.75, 3.05) is 0 Å². The first kappa shape index (κ1) is 11.5. The Hall–Kier alpha value is -1.64. The first-order valence-corrected chi connectivity index (χ1v) is 6.80. The van der Waals surface area contributed by atoms with E-state index in [9.17, 15) is 0 Å². The molecule has 0 atom stereocenters. The minimum absolute atomic E-state index is 0.759. The molecule has 88 valence electrons. The Morgan fingerprint density at radius 2 is 1.72 bits per heavy atom. The smallest absolute Gasteiger partial charge is 0.117 e. The van der Waals surface area contributed by atoms with Crippen LogP contribution in [0.25, 0.3) is 22.4 Å². The van der Waals surface area contributed by atoms with Crippen LogP contribution in [0.4, 0.5) is 0 Å². The lowest BCUT2D eigenvalue weighted by Gasteiger charge is -1.94. The summed E-state index contributed by atoms with van der Waals surface area (Å²) >= 11 is 7.78. The van der Waals surface area contributed by atoms with Crippen molar-refractivity contribution < 1.29 is 0 Å². The number of aromatic nitrogens is 1. The van der Waals surface area contributed by atoms with E-state index in [4.69, 9.17) is 11.6 Å². The average Bonchev–Trinajstić information content (AvgIpc) is 2.80. The maximum atomic E-state index is 6.10. The highest BCUT2D eigenvalue weighted by Crippen LogP contribution is 2.24. The van der Waals surface area contributed by atoms with Crippen molar-refractivity contribution in [3.8, 4) is 0 Å². The zero-order valence-corrected chi connectivity index (χ0v) is 11.1. The van der Waals surface area contributed by atoms with Crippen molar-refractivity contribution in [1.29, 1.82) is 0 Å². The number of thiazole rings is 1. The molecular formula is C15H10ClNS. The second-order valence-electron chi connectivity index (χ2n) is 3.87. The highest BCUT2D eigenvalue weighted by Gasteiger charge is 2.00. The van der Waals surface area contributed by atoms with Gasteiger partial charge in [0.05, 0.1) is 10.2 Å². The van der Waals surface area contributed by atoms with Gasteiger partial charge < -0.3 is 0 Å². The van der Waals surface area contributed by atoms with E-state index in [0.717, 1.165) is 21.1 Å². The molecule has 0 amide bonds. The Morgan fingerprint density at radius 1 is 0.944 bits per heavy atom. The van der Waals surface area contributed by atoms with Gasteiger partial charge in [0, 0.05) is 5.02 Å². The van der Waals surface area contributed by atoms with E-state index in [1.165, 1.54) is 4.70 Å². The van der Waals surface area contributed by atoms with Gasteiger partial charge in [0.1, 0.15) is 5.01 Å². The number of halogens is 1. The van der Waals surface area contributed by atoms with Crippen LogP contribution in [0.3, 0.4) is 0 Å². The third kappa shape index (κ3) is 2.30. The van der Waals surface area contributed by atoms with Gasteiger partial charge in [0.2, 0.25) is 0 Å². The molecule has 3 aromatic rings. The number of rotatable bonds is 2. The van der Waals surface area contributed by atoms with Crippen LogP contribution in [0, 0.1) is 0 Å². The molecule has 3 rings (SSSR count). The van der Waals surface area contributed by atoms with Crippen molar-refractivity contribution >= 4 is 45.3 Å². The molecule has 0 spiro atoms. The fraction of sp³-hybridized carbons (Fsp3) is 0. The number of para-hydroxylation sites is 1. The van der Waals surface area contributed by atoms with Crippen molar-refractivity contribution in [1.82, 2.24) is 4.98 Å². The summed E-state index contributed by atoms with van der Waals surface area (Å²) in [4.78, 5) is 4.55. The van der Waals surface area contributed by atoms with Gasteiger partial charge in [-0.3, -0.25) is 0 Å². The molecule has 0 aliphatic heterocycles. The molecule has 1 aromatic heterocycles. The number of nitrogens with zero attached hydrogens (tertiary/aromatic N) is 1. The normalized spacial score (nSPS) is 11.4. The summed E-state index contributed by atoms with van der Waals surface area (Å²) in [6.07, 6.45) is 4.01. The van der Waals surface area contributed by atoms with E-state index in [1.54, 1.807) is 11.3 Å². The van der Waals surface area contributed by atoms with Crippen molar-refractivity contribution in [2.24, 2.45) is 0 Å². The summed E-state index contributed by atoms with van der Waals surface area (Å²) in [6, 6.07) is 15.9. The summed E-state index contributed by atoms with van der Waals surface area (Å²) in [5.74, 6) is 0. The molecule has 1 nitrogen and oxygen atoms in total. The molecule has 0 saturated carbocycles. The molecule has 0 saturated heterocycles. The summed E-state index contributed by atoms with van der Waals surface area (Å²) in [7, 11) is 0. The van der Waals surface area contributed by atoms with E-state index in [-0.39, 0.29) is 0 Å². The number of hydrogen-bond donors (Lipinski definition) is 0. The van der Waals surface area contributed by atoms with E-state index >= 15 is 0 Å². The van der Waals surface area contributed by atoms with Gasteiger partial charge in [-0.05, 0) is 29.8 Å². The fourth-order valence-corrected chi connectivity index (χ4v) is 2.80. The summed E-state index contributed by atoms with van der Waals surface area (Å²) in [6.45, 7) is 0. The van der Waals surface area contributed by atoms with Crippen LogP contribution < -0.4 is 0 Å². The topological polar surface area (TPSA) is 12.9 Å². The monoisotopic (exact) mass is 271 g/mol. The molecule has 1 heterocycles. The lowest BCUT2D eigenvalue weighted by molar-refractivity contribution is 1.46. The third-order valence-corrected chi connectivity index (χ3v) is 3.97. The van der Waals surface area contributed by atoms with Crippen LogP contribution in [0.15, 0.2) is 48.5 Å². The van der Waals surface area contributed by atoms with Gasteiger partial charge in [0.15, 0.2) is 0 Å². The van der Waals surface area contributed by atoms with Crippen LogP contribution in [0.2, 0.25) is 5.02 Å². The van der Waals surface area contributed by atoms with Crippen molar-refractivity contribution in [2.45, 2.75) is 0 Å². The van der Waals surface area contributed by atoms with E-state index in [2.05, 4.69) is 11.1 Å². The van der Waals surface area contributed by atoms with Crippen LogP contribution >= 0.6 is 22.9 Å². The zero-order valence-electron chi connectivity index (χ0n) is 9.51. The van der Waals surface area contributed by atoms with Crippen molar-refractivity contribution in [3.05, 3.63) is 64.1 Å². The molecule has 0 bridgehead atoms. The summed E-state index contributed by atoms with van der Waals surface area (Å²) in [5, 5.41) is 1.76. The van der Waals surface area contributed by atoms with Crippen molar-refractivity contribution in [3.63, 3.8) is 0 Å². The van der Waals surface area contributed by atoms with Crippen LogP contribution in [0.5, 0.6) is 0 Å². The van der Waals surface area contributed by atoms with Crippen LogP contribution in [-0.4, -0.2) is 4.98 Å². The number of fused-ring (bicyclic) bond motifs is 1. The third-order valence-electron chi connectivity index (χ3n) is 2.62. The maximum Gasteiger partial charge on any atom is 0.117 e. The lowest BCUT2D eigenvalue weighted by atomic mass is 10.2. The first-order chi connectivity index (χ1) is 8.83. The Kier molecular flexibility index (Phi) is 3.13. The van der Waals surface area contributed by atoms with Crippen LogP contribution in [-0.2, 0) is 0 Å². The van der Waals surface area contributed by atoms with Gasteiger partial charge in [-0.2, -0.15) is 0 Å². The number of benzene rings is 2. The molecule has 2 aromatic carbocycles. The highest BCUT2D eigenvalue weighted by molar-refractivity contribution is 7.19. The Balaban J connectivity index is 1.95. The minimum atomic E-state index is 0.759. The second-order valence-corrected chi connectivity index (χ2v) is 5.34. The molecule has 3 heteroatoms. The second kappa shape index (κ2) is 4.92. The zero-order chi connectivity index (χ0) is 12.4. The predicted octanol–water partition coefficient (Wildman–Crippen LogP) is 5.12. The Labute approximate surface area is 114 Å². The quantitative estimate of drug-likeness (QED) is 0.630. The van der Waals surface area contributed by atoms with Gasteiger partial charge in [0.25, 0.3) is 0 Å². The van der Waals surface area contributed by atoms with Crippen LogP contribution in [0.1, 0.15) is 10.6 Å². The standard InChI is InChI=1S/C15H10ClNS/c16-12-6-2-1-5-11(12)9-10-15-17-13-7-3-4-8-14(13)18-15/h1-10H/b10-9+. The largest absolute Gasteiger partial charge is 0.237 e. The maximum absolute atomic E-state index is 6.10. The van der Waals surface area contributed by atoms with E-state index in [0.29, 0.717) is 0 Å². The summed E-state index contributed by atoms with van der Waals surface area (Å²) in [5.41, 5.74) is 2.06. The molecule has 0 radical (unpaired) electrons. The average molecular weight is 272 g/mol. The number of hydrogen-bond acceptors (Lipinski definition) is 2. The first-order valence-electron chi connectivity index (χ1n) is 5.61. The molecule has 0 N–H and O–H groups in total. The molecule has 18 heavy (non-hydrogen) atoms. The molecule has 0 aliphatic carbocycles. The fourth-order valence-electron chi connectivity index (χ4n) is 1.73. The molecule has 0 unspecified atom stereocenters. The van der Waals surface area contributed by atoms with Gasteiger partial charge >= 0.3 is 0 Å². The predicted molar refractivity (Wildman–Crippen MR) is 80.0 cm³/mol. The van der Waals surface area contributed by atoms with E-state index in [1.807, 2.05) is 54.6 Å². The SMILES string of the molecule is Clc1ccccc1/C=C/c1nc2ccccc2s1. The van der Waals surface area contributed by atoms with Gasteiger partial charge in [-0.1, -0.05) is 48.0 Å². The minimum Gasteiger partial charge on any atom is -0.237 e. The van der Waals surface area contributed by atoms with Gasteiger partial charge in [-0.15, -0.1) is 11.3 Å². The molecule has 0 fully saturated rings.